The number of nitrogens with zero attached hydrogens (tertiary/aromatic N) is 3. The fourth-order valence-electron chi connectivity index (χ4n) is 2.18. The van der Waals surface area contributed by atoms with Crippen LogP contribution in [0.15, 0.2) is 6.33 Å². The normalized spacial score (nSPS) is 33.9. The molecule has 0 spiro atoms. The Labute approximate surface area is 83.1 Å². The van der Waals surface area contributed by atoms with E-state index in [1.54, 1.807) is 6.33 Å². The molecule has 4 heteroatoms. The highest BCUT2D eigenvalue weighted by Crippen LogP contribution is 2.40. The topological polar surface area (TPSA) is 30.7 Å². The standard InChI is InChI=1S/C9H14ClN3/c1-6-3-4-8(7(6)2)13-5-11-12-9(13)10/h5-8H,3-4H2,1-2H3. The molecule has 0 N–H and O–H groups in total. The lowest BCUT2D eigenvalue weighted by atomic mass is 9.98. The molecule has 0 bridgehead atoms. The van der Waals surface area contributed by atoms with Crippen LogP contribution in [0.5, 0.6) is 0 Å². The number of hydrogen-bond acceptors (Lipinski definition) is 2. The van der Waals surface area contributed by atoms with Crippen molar-refractivity contribution < 1.29 is 0 Å². The Hall–Kier alpha value is -0.570. The largest absolute Gasteiger partial charge is 0.301 e. The summed E-state index contributed by atoms with van der Waals surface area (Å²) in [6.07, 6.45) is 4.21. The summed E-state index contributed by atoms with van der Waals surface area (Å²) in [5, 5.41) is 8.13. The van der Waals surface area contributed by atoms with E-state index >= 15 is 0 Å². The monoisotopic (exact) mass is 199 g/mol. The SMILES string of the molecule is CC1CCC(n2cnnc2Cl)C1C. The lowest BCUT2D eigenvalue weighted by Gasteiger charge is -2.19. The first-order valence-electron chi connectivity index (χ1n) is 4.75. The minimum Gasteiger partial charge on any atom is -0.301 e. The third-order valence-electron chi connectivity index (χ3n) is 3.31. The Morgan fingerprint density at radius 3 is 2.69 bits per heavy atom. The smallest absolute Gasteiger partial charge is 0.225 e. The van der Waals surface area contributed by atoms with Crippen LogP contribution in [0.2, 0.25) is 5.28 Å². The molecular formula is C9H14ClN3. The van der Waals surface area contributed by atoms with Gasteiger partial charge < -0.3 is 4.57 Å². The van der Waals surface area contributed by atoms with Crippen LogP contribution in [0.3, 0.4) is 0 Å². The van der Waals surface area contributed by atoms with Crippen molar-refractivity contribution in [3.05, 3.63) is 11.6 Å². The molecule has 1 heterocycles. The number of hydrogen-bond donors (Lipinski definition) is 0. The Morgan fingerprint density at radius 2 is 2.23 bits per heavy atom. The molecule has 1 saturated carbocycles. The van der Waals surface area contributed by atoms with Gasteiger partial charge in [-0.05, 0) is 36.3 Å². The fourth-order valence-corrected chi connectivity index (χ4v) is 2.39. The zero-order valence-corrected chi connectivity index (χ0v) is 8.70. The molecule has 1 aliphatic carbocycles. The summed E-state index contributed by atoms with van der Waals surface area (Å²) in [4.78, 5) is 0. The van der Waals surface area contributed by atoms with Gasteiger partial charge in [-0.15, -0.1) is 10.2 Å². The van der Waals surface area contributed by atoms with Crippen LogP contribution in [-0.4, -0.2) is 14.8 Å². The minimum atomic E-state index is 0.498. The predicted molar refractivity (Wildman–Crippen MR) is 51.6 cm³/mol. The predicted octanol–water partition coefficient (Wildman–Crippen LogP) is 2.54. The maximum Gasteiger partial charge on any atom is 0.225 e. The molecule has 1 aromatic rings. The van der Waals surface area contributed by atoms with Crippen molar-refractivity contribution in [2.45, 2.75) is 32.7 Å². The Balaban J connectivity index is 2.23. The number of halogens is 1. The van der Waals surface area contributed by atoms with Gasteiger partial charge in [0.05, 0.1) is 0 Å². The van der Waals surface area contributed by atoms with Gasteiger partial charge in [-0.3, -0.25) is 0 Å². The summed E-state index contributed by atoms with van der Waals surface area (Å²) in [5.41, 5.74) is 0. The highest BCUT2D eigenvalue weighted by Gasteiger charge is 2.31. The molecule has 3 atom stereocenters. The molecule has 0 radical (unpaired) electrons. The second kappa shape index (κ2) is 3.29. The lowest BCUT2D eigenvalue weighted by molar-refractivity contribution is 0.352. The van der Waals surface area contributed by atoms with Crippen LogP contribution < -0.4 is 0 Å². The van der Waals surface area contributed by atoms with Gasteiger partial charge in [0, 0.05) is 6.04 Å². The second-order valence-electron chi connectivity index (χ2n) is 3.99. The van der Waals surface area contributed by atoms with E-state index < -0.39 is 0 Å². The van der Waals surface area contributed by atoms with Crippen molar-refractivity contribution in [2.75, 3.05) is 0 Å². The molecule has 1 fully saturated rings. The summed E-state index contributed by atoms with van der Waals surface area (Å²) in [5.74, 6) is 1.46. The quantitative estimate of drug-likeness (QED) is 0.696. The van der Waals surface area contributed by atoms with E-state index in [0.717, 1.165) is 5.92 Å². The van der Waals surface area contributed by atoms with Crippen molar-refractivity contribution in [3.8, 4) is 0 Å². The van der Waals surface area contributed by atoms with E-state index in [2.05, 4.69) is 24.0 Å². The second-order valence-corrected chi connectivity index (χ2v) is 4.33. The Bertz CT molecular complexity index is 297. The minimum absolute atomic E-state index is 0.498. The van der Waals surface area contributed by atoms with Gasteiger partial charge in [-0.1, -0.05) is 13.8 Å². The van der Waals surface area contributed by atoms with Crippen LogP contribution in [-0.2, 0) is 0 Å². The first kappa shape index (κ1) is 9.00. The fraction of sp³-hybridized carbons (Fsp3) is 0.778. The Kier molecular flexibility index (Phi) is 2.28. The summed E-state index contributed by atoms with van der Waals surface area (Å²) < 4.78 is 2.00. The van der Waals surface area contributed by atoms with E-state index in [4.69, 9.17) is 11.6 Å². The summed E-state index contributed by atoms with van der Waals surface area (Å²) in [6.45, 7) is 4.57. The van der Waals surface area contributed by atoms with Crippen LogP contribution in [0.1, 0.15) is 32.7 Å². The van der Waals surface area contributed by atoms with Gasteiger partial charge in [0.15, 0.2) is 0 Å². The molecule has 0 aliphatic heterocycles. The van der Waals surface area contributed by atoms with E-state index in [1.807, 2.05) is 4.57 Å². The van der Waals surface area contributed by atoms with Crippen molar-refractivity contribution in [2.24, 2.45) is 11.8 Å². The van der Waals surface area contributed by atoms with E-state index in [1.165, 1.54) is 12.8 Å². The summed E-state index contributed by atoms with van der Waals surface area (Å²) >= 11 is 5.92. The molecule has 3 unspecified atom stereocenters. The summed E-state index contributed by atoms with van der Waals surface area (Å²) in [7, 11) is 0. The molecule has 2 rings (SSSR count). The van der Waals surface area contributed by atoms with Crippen molar-refractivity contribution in [1.82, 2.24) is 14.8 Å². The molecule has 13 heavy (non-hydrogen) atoms. The molecule has 72 valence electrons. The Morgan fingerprint density at radius 1 is 1.46 bits per heavy atom. The number of rotatable bonds is 1. The average Bonchev–Trinajstić information content (AvgIpc) is 2.62. The van der Waals surface area contributed by atoms with Crippen LogP contribution in [0.4, 0.5) is 0 Å². The van der Waals surface area contributed by atoms with Gasteiger partial charge in [-0.2, -0.15) is 0 Å². The van der Waals surface area contributed by atoms with Crippen LogP contribution in [0, 0.1) is 11.8 Å². The zero-order chi connectivity index (χ0) is 9.42. The zero-order valence-electron chi connectivity index (χ0n) is 7.94. The van der Waals surface area contributed by atoms with E-state index in [-0.39, 0.29) is 0 Å². The molecule has 1 aromatic heterocycles. The van der Waals surface area contributed by atoms with Gasteiger partial charge in [0.2, 0.25) is 5.28 Å². The third kappa shape index (κ3) is 1.46. The van der Waals surface area contributed by atoms with Gasteiger partial charge >= 0.3 is 0 Å². The van der Waals surface area contributed by atoms with Crippen molar-refractivity contribution >= 4 is 11.6 Å². The highest BCUT2D eigenvalue weighted by atomic mass is 35.5. The van der Waals surface area contributed by atoms with E-state index in [0.29, 0.717) is 17.2 Å². The third-order valence-corrected chi connectivity index (χ3v) is 3.58. The molecular weight excluding hydrogens is 186 g/mol. The van der Waals surface area contributed by atoms with Gasteiger partial charge in [0.1, 0.15) is 6.33 Å². The molecule has 3 nitrogen and oxygen atoms in total. The first-order chi connectivity index (χ1) is 6.20. The van der Waals surface area contributed by atoms with Gasteiger partial charge in [-0.25, -0.2) is 0 Å². The molecule has 0 aromatic carbocycles. The van der Waals surface area contributed by atoms with Crippen molar-refractivity contribution in [1.29, 1.82) is 0 Å². The van der Waals surface area contributed by atoms with Gasteiger partial charge in [0.25, 0.3) is 0 Å². The van der Waals surface area contributed by atoms with E-state index in [9.17, 15) is 0 Å². The first-order valence-corrected chi connectivity index (χ1v) is 5.13. The average molecular weight is 200 g/mol. The van der Waals surface area contributed by atoms with Crippen LogP contribution >= 0.6 is 11.6 Å². The highest BCUT2D eigenvalue weighted by molar-refractivity contribution is 6.28. The number of aromatic nitrogens is 3. The van der Waals surface area contributed by atoms with Crippen LogP contribution in [0.25, 0.3) is 0 Å². The summed E-state index contributed by atoms with van der Waals surface area (Å²) in [6, 6.07) is 0.498. The van der Waals surface area contributed by atoms with Crippen molar-refractivity contribution in [3.63, 3.8) is 0 Å². The molecule has 1 aliphatic rings. The molecule has 0 saturated heterocycles. The lowest BCUT2D eigenvalue weighted by Crippen LogP contribution is -2.13. The molecule has 0 amide bonds. The maximum absolute atomic E-state index is 5.92. The maximum atomic E-state index is 5.92.